The molecule has 2 atom stereocenters. The predicted molar refractivity (Wildman–Crippen MR) is 85.3 cm³/mol. The van der Waals surface area contributed by atoms with Gasteiger partial charge in [-0.25, -0.2) is 0 Å². The Morgan fingerprint density at radius 1 is 0.636 bits per heavy atom. The third-order valence-corrected chi connectivity index (χ3v) is 5.47. The summed E-state index contributed by atoms with van der Waals surface area (Å²) in [4.78, 5) is 24.2. The van der Waals surface area contributed by atoms with Crippen LogP contribution in [0, 0.1) is 11.8 Å². The fourth-order valence-electron chi connectivity index (χ4n) is 4.22. The van der Waals surface area contributed by atoms with E-state index in [1.54, 1.807) is 0 Å². The van der Waals surface area contributed by atoms with Crippen LogP contribution in [-0.4, -0.2) is 10.5 Å². The Hall–Kier alpha value is -1.64. The maximum absolute atomic E-state index is 12.1. The van der Waals surface area contributed by atoms with Crippen molar-refractivity contribution in [3.8, 4) is 0 Å². The summed E-state index contributed by atoms with van der Waals surface area (Å²) in [6, 6.07) is 15.9. The van der Waals surface area contributed by atoms with Gasteiger partial charge in [0.2, 0.25) is 10.5 Å². The molecule has 5 rings (SSSR count). The summed E-state index contributed by atoms with van der Waals surface area (Å²) >= 11 is 11.7. The van der Waals surface area contributed by atoms with Gasteiger partial charge in [-0.15, -0.1) is 0 Å². The minimum atomic E-state index is -0.596. The maximum Gasteiger partial charge on any atom is 0.226 e. The highest BCUT2D eigenvalue weighted by Gasteiger charge is 2.54. The first-order valence-corrected chi connectivity index (χ1v) is 7.93. The molecule has 0 heterocycles. The molecule has 0 fully saturated rings. The van der Waals surface area contributed by atoms with Crippen LogP contribution in [0.1, 0.15) is 34.1 Å². The summed E-state index contributed by atoms with van der Waals surface area (Å²) in [6.45, 7) is 0. The highest BCUT2D eigenvalue weighted by molar-refractivity contribution is 6.67. The topological polar surface area (TPSA) is 34.1 Å². The van der Waals surface area contributed by atoms with Crippen molar-refractivity contribution in [2.45, 2.75) is 11.8 Å². The molecule has 0 saturated heterocycles. The van der Waals surface area contributed by atoms with E-state index in [9.17, 15) is 9.59 Å². The number of halogens is 2. The number of carbonyl (C=O) groups excluding carboxylic acids is 2. The van der Waals surface area contributed by atoms with E-state index in [1.165, 1.54) is 0 Å². The van der Waals surface area contributed by atoms with E-state index in [2.05, 4.69) is 0 Å². The molecular weight excluding hydrogens is 319 g/mol. The van der Waals surface area contributed by atoms with Gasteiger partial charge in [0.25, 0.3) is 0 Å². The van der Waals surface area contributed by atoms with Crippen molar-refractivity contribution in [2.24, 2.45) is 11.8 Å². The minimum absolute atomic E-state index is 0.199. The van der Waals surface area contributed by atoms with E-state index in [0.717, 1.165) is 22.3 Å². The van der Waals surface area contributed by atoms with E-state index < -0.39 is 22.3 Å². The number of hydrogen-bond donors (Lipinski definition) is 0. The van der Waals surface area contributed by atoms with Crippen molar-refractivity contribution in [3.63, 3.8) is 0 Å². The lowest BCUT2D eigenvalue weighted by Gasteiger charge is -2.48. The standard InChI is InChI=1S/C18H12Cl2O2/c19-17(21)15-13-9-5-1-2-6-10(9)14(16(15)18(20)22)12-8-4-3-7-11(12)13/h1-8,13-16H. The summed E-state index contributed by atoms with van der Waals surface area (Å²) in [6.07, 6.45) is 0. The van der Waals surface area contributed by atoms with Gasteiger partial charge in [-0.05, 0) is 45.5 Å². The number of rotatable bonds is 2. The molecular formula is C18H12Cl2O2. The largest absolute Gasteiger partial charge is 0.281 e. The second kappa shape index (κ2) is 4.94. The average Bonchev–Trinajstić information content (AvgIpc) is 2.53. The van der Waals surface area contributed by atoms with Gasteiger partial charge in [0.1, 0.15) is 0 Å². The smallest absolute Gasteiger partial charge is 0.226 e. The lowest BCUT2D eigenvalue weighted by molar-refractivity contribution is -0.125. The van der Waals surface area contributed by atoms with Crippen molar-refractivity contribution in [1.82, 2.24) is 0 Å². The van der Waals surface area contributed by atoms with Crippen molar-refractivity contribution in [3.05, 3.63) is 70.8 Å². The van der Waals surface area contributed by atoms with Crippen LogP contribution in [0.4, 0.5) is 0 Å². The van der Waals surface area contributed by atoms with Crippen molar-refractivity contribution in [2.75, 3.05) is 0 Å². The van der Waals surface area contributed by atoms with Crippen LogP contribution in [0.5, 0.6) is 0 Å². The van der Waals surface area contributed by atoms with Crippen LogP contribution in [0.15, 0.2) is 48.5 Å². The molecule has 2 aromatic carbocycles. The van der Waals surface area contributed by atoms with Gasteiger partial charge in [0, 0.05) is 11.8 Å². The lowest BCUT2D eigenvalue weighted by atomic mass is 9.55. The first-order valence-electron chi connectivity index (χ1n) is 7.17. The molecule has 0 radical (unpaired) electrons. The molecule has 0 spiro atoms. The van der Waals surface area contributed by atoms with E-state index in [1.807, 2.05) is 48.5 Å². The molecule has 2 unspecified atom stereocenters. The highest BCUT2D eigenvalue weighted by Crippen LogP contribution is 2.59. The van der Waals surface area contributed by atoms with E-state index in [0.29, 0.717) is 0 Å². The van der Waals surface area contributed by atoms with Gasteiger partial charge in [-0.3, -0.25) is 9.59 Å². The zero-order chi connectivity index (χ0) is 15.4. The van der Waals surface area contributed by atoms with Crippen molar-refractivity contribution < 1.29 is 9.59 Å². The quantitative estimate of drug-likeness (QED) is 0.779. The summed E-state index contributed by atoms with van der Waals surface area (Å²) in [5.41, 5.74) is 4.33. The van der Waals surface area contributed by atoms with Crippen LogP contribution in [0.3, 0.4) is 0 Å². The first-order chi connectivity index (χ1) is 10.6. The van der Waals surface area contributed by atoms with E-state index in [-0.39, 0.29) is 11.8 Å². The molecule has 0 N–H and O–H groups in total. The molecule has 0 aromatic heterocycles. The fourth-order valence-corrected chi connectivity index (χ4v) is 4.75. The minimum Gasteiger partial charge on any atom is -0.281 e. The number of benzene rings is 2. The Balaban J connectivity index is 2.06. The SMILES string of the molecule is O=C(Cl)C1C2c3ccccc3C(c3ccccc32)C1C(=O)Cl. The predicted octanol–water partition coefficient (Wildman–Crippen LogP) is 4.04. The van der Waals surface area contributed by atoms with Gasteiger partial charge in [0.05, 0.1) is 11.8 Å². The summed E-state index contributed by atoms with van der Waals surface area (Å²) < 4.78 is 0. The van der Waals surface area contributed by atoms with Crippen LogP contribution >= 0.6 is 23.2 Å². The van der Waals surface area contributed by atoms with E-state index >= 15 is 0 Å². The number of carbonyl (C=O) groups is 2. The highest BCUT2D eigenvalue weighted by atomic mass is 35.5. The molecule has 2 bridgehead atoms. The number of fused-ring (bicyclic) bond motifs is 1. The molecule has 22 heavy (non-hydrogen) atoms. The Morgan fingerprint density at radius 2 is 0.909 bits per heavy atom. The van der Waals surface area contributed by atoms with Crippen LogP contribution in [0.2, 0.25) is 0 Å². The average molecular weight is 331 g/mol. The Labute approximate surface area is 138 Å². The molecule has 0 amide bonds. The van der Waals surface area contributed by atoms with Crippen molar-refractivity contribution in [1.29, 1.82) is 0 Å². The first kappa shape index (κ1) is 14.0. The molecule has 110 valence electrons. The molecule has 3 aliphatic rings. The maximum atomic E-state index is 12.1. The Bertz CT molecular complexity index is 686. The summed E-state index contributed by atoms with van der Waals surface area (Å²) in [5, 5.41) is -0.976. The molecule has 0 saturated carbocycles. The van der Waals surface area contributed by atoms with Gasteiger partial charge in [-0.1, -0.05) is 48.5 Å². The zero-order valence-corrected chi connectivity index (χ0v) is 13.0. The second-order valence-electron chi connectivity index (χ2n) is 5.87. The number of hydrogen-bond acceptors (Lipinski definition) is 2. The third kappa shape index (κ3) is 1.74. The van der Waals surface area contributed by atoms with Gasteiger partial charge < -0.3 is 0 Å². The molecule has 0 aliphatic heterocycles. The molecule has 2 nitrogen and oxygen atoms in total. The van der Waals surface area contributed by atoms with Crippen LogP contribution in [0.25, 0.3) is 0 Å². The lowest BCUT2D eigenvalue weighted by Crippen LogP contribution is -2.44. The summed E-state index contributed by atoms with van der Waals surface area (Å²) in [7, 11) is 0. The monoisotopic (exact) mass is 330 g/mol. The zero-order valence-electron chi connectivity index (χ0n) is 11.5. The molecule has 2 aromatic rings. The second-order valence-corrected chi connectivity index (χ2v) is 6.62. The van der Waals surface area contributed by atoms with Gasteiger partial charge in [0.15, 0.2) is 0 Å². The normalized spacial score (nSPS) is 27.9. The Morgan fingerprint density at radius 3 is 1.14 bits per heavy atom. The van der Waals surface area contributed by atoms with Crippen LogP contribution in [-0.2, 0) is 9.59 Å². The van der Waals surface area contributed by atoms with Crippen molar-refractivity contribution >= 4 is 33.7 Å². The van der Waals surface area contributed by atoms with Gasteiger partial charge in [-0.2, -0.15) is 0 Å². The van der Waals surface area contributed by atoms with Crippen LogP contribution < -0.4 is 0 Å². The molecule has 4 heteroatoms. The fraction of sp³-hybridized carbons (Fsp3) is 0.222. The Kier molecular flexibility index (Phi) is 3.14. The van der Waals surface area contributed by atoms with E-state index in [4.69, 9.17) is 23.2 Å². The molecule has 3 aliphatic carbocycles. The van der Waals surface area contributed by atoms with Gasteiger partial charge >= 0.3 is 0 Å². The summed E-state index contributed by atoms with van der Waals surface area (Å²) in [5.74, 6) is -1.59. The third-order valence-electron chi connectivity index (χ3n) is 4.96.